The van der Waals surface area contributed by atoms with E-state index >= 15 is 0 Å². The van der Waals surface area contributed by atoms with Crippen molar-refractivity contribution in [3.05, 3.63) is 45.9 Å². The lowest BCUT2D eigenvalue weighted by Gasteiger charge is -2.22. The van der Waals surface area contributed by atoms with Gasteiger partial charge in [0.25, 0.3) is 5.69 Å². The summed E-state index contributed by atoms with van der Waals surface area (Å²) in [6.07, 6.45) is 1.53. The van der Waals surface area contributed by atoms with Gasteiger partial charge in [-0.3, -0.25) is 15.1 Å². The van der Waals surface area contributed by atoms with Gasteiger partial charge < -0.3 is 5.32 Å². The Morgan fingerprint density at radius 1 is 1.48 bits per heavy atom. The number of benzene rings is 1. The van der Waals surface area contributed by atoms with Crippen molar-refractivity contribution >= 4 is 16.6 Å². The molecule has 0 amide bonds. The number of nitrogens with one attached hydrogen (secondary N) is 1. The zero-order chi connectivity index (χ0) is 15.6. The van der Waals surface area contributed by atoms with Gasteiger partial charge in [-0.15, -0.1) is 0 Å². The fraction of sp³-hybridized carbons (Fsp3) is 0.400. The number of fused-ring (bicyclic) bond motifs is 1. The van der Waals surface area contributed by atoms with E-state index < -0.39 is 10.7 Å². The van der Waals surface area contributed by atoms with Crippen LogP contribution in [0.1, 0.15) is 32.3 Å². The maximum absolute atomic E-state index is 14.4. The number of non-ortho nitro benzene ring substituents is 1. The summed E-state index contributed by atoms with van der Waals surface area (Å²) >= 11 is 0. The summed E-state index contributed by atoms with van der Waals surface area (Å²) < 4.78 is 14.4. The van der Waals surface area contributed by atoms with Gasteiger partial charge in [0.2, 0.25) is 0 Å². The second kappa shape index (κ2) is 6.13. The van der Waals surface area contributed by atoms with Gasteiger partial charge in [0.05, 0.1) is 21.9 Å². The summed E-state index contributed by atoms with van der Waals surface area (Å²) in [7, 11) is 0. The number of aromatic nitrogens is 1. The van der Waals surface area contributed by atoms with E-state index in [1.54, 1.807) is 12.1 Å². The van der Waals surface area contributed by atoms with Crippen LogP contribution in [0.5, 0.6) is 0 Å². The van der Waals surface area contributed by atoms with Crippen LogP contribution in [0.2, 0.25) is 0 Å². The molecule has 0 fully saturated rings. The first-order valence-electron chi connectivity index (χ1n) is 6.92. The van der Waals surface area contributed by atoms with Gasteiger partial charge in [0, 0.05) is 23.7 Å². The molecule has 1 aromatic carbocycles. The molecule has 0 aliphatic heterocycles. The van der Waals surface area contributed by atoms with E-state index in [1.807, 2.05) is 20.8 Å². The van der Waals surface area contributed by atoms with Crippen molar-refractivity contribution in [3.63, 3.8) is 0 Å². The number of hydrogen-bond donors (Lipinski definition) is 1. The number of rotatable bonds is 5. The van der Waals surface area contributed by atoms with Crippen LogP contribution in [-0.2, 0) is 0 Å². The number of nitro benzene ring substituents is 1. The molecule has 21 heavy (non-hydrogen) atoms. The molecule has 2 unspecified atom stereocenters. The highest BCUT2D eigenvalue weighted by molar-refractivity contribution is 5.90. The summed E-state index contributed by atoms with van der Waals surface area (Å²) in [6.45, 7) is 6.60. The van der Waals surface area contributed by atoms with Crippen molar-refractivity contribution in [1.82, 2.24) is 10.3 Å². The van der Waals surface area contributed by atoms with E-state index in [2.05, 4.69) is 10.3 Å². The molecule has 6 heteroatoms. The first-order valence-corrected chi connectivity index (χ1v) is 6.92. The fourth-order valence-electron chi connectivity index (χ4n) is 2.55. The number of likely N-dealkylation sites (N-methyl/N-ethyl adjacent to an activating group) is 1. The molecule has 0 aliphatic carbocycles. The highest BCUT2D eigenvalue weighted by Crippen LogP contribution is 2.34. The normalized spacial score (nSPS) is 14.1. The summed E-state index contributed by atoms with van der Waals surface area (Å²) in [5.74, 6) is -0.728. The van der Waals surface area contributed by atoms with Crippen LogP contribution in [-0.4, -0.2) is 22.5 Å². The Labute approximate surface area is 122 Å². The Balaban J connectivity index is 2.67. The largest absolute Gasteiger partial charge is 0.314 e. The lowest BCUT2D eigenvalue weighted by molar-refractivity contribution is -0.383. The van der Waals surface area contributed by atoms with Gasteiger partial charge in [-0.25, -0.2) is 4.39 Å². The SMILES string of the molecule is CCNC(C)C(C)c1c(F)cc([N+](=O)[O-])c2cccnc12. The Hall–Kier alpha value is -2.08. The Kier molecular flexibility index (Phi) is 4.47. The van der Waals surface area contributed by atoms with E-state index in [4.69, 9.17) is 0 Å². The second-order valence-corrected chi connectivity index (χ2v) is 5.08. The van der Waals surface area contributed by atoms with Crippen molar-refractivity contribution in [1.29, 1.82) is 0 Å². The molecule has 1 N–H and O–H groups in total. The van der Waals surface area contributed by atoms with Gasteiger partial charge in [0.15, 0.2) is 0 Å². The molecule has 0 saturated carbocycles. The van der Waals surface area contributed by atoms with Crippen LogP contribution < -0.4 is 5.32 Å². The minimum atomic E-state index is -0.579. The highest BCUT2D eigenvalue weighted by Gasteiger charge is 2.25. The number of nitrogens with zero attached hydrogens (tertiary/aromatic N) is 2. The number of nitro groups is 1. The standard InChI is InChI=1S/C15H18FN3O2/c1-4-17-10(3)9(2)14-12(16)8-13(19(20)21)11-6-5-7-18-15(11)14/h5-10,17H,4H2,1-3H3. The van der Waals surface area contributed by atoms with Crippen molar-refractivity contribution < 1.29 is 9.31 Å². The Morgan fingerprint density at radius 3 is 2.81 bits per heavy atom. The molecule has 0 saturated heterocycles. The second-order valence-electron chi connectivity index (χ2n) is 5.08. The smallest absolute Gasteiger partial charge is 0.281 e. The van der Waals surface area contributed by atoms with Gasteiger partial charge >= 0.3 is 0 Å². The zero-order valence-corrected chi connectivity index (χ0v) is 12.3. The molecule has 1 heterocycles. The monoisotopic (exact) mass is 291 g/mol. The summed E-state index contributed by atoms with van der Waals surface area (Å²) in [5, 5.41) is 14.7. The van der Waals surface area contributed by atoms with Crippen LogP contribution in [0.15, 0.2) is 24.4 Å². The minimum absolute atomic E-state index is 0.0381. The van der Waals surface area contributed by atoms with Crippen LogP contribution in [0.3, 0.4) is 0 Å². The third-order valence-corrected chi connectivity index (χ3v) is 3.79. The number of halogens is 1. The summed E-state index contributed by atoms with van der Waals surface area (Å²) in [4.78, 5) is 14.7. The lowest BCUT2D eigenvalue weighted by Crippen LogP contribution is -2.31. The molecule has 2 aromatic rings. The van der Waals surface area contributed by atoms with Crippen LogP contribution in [0, 0.1) is 15.9 Å². The average molecular weight is 291 g/mol. The third kappa shape index (κ3) is 2.85. The molecule has 0 spiro atoms. The fourth-order valence-corrected chi connectivity index (χ4v) is 2.55. The Morgan fingerprint density at radius 2 is 2.19 bits per heavy atom. The van der Waals surface area contributed by atoms with Gasteiger partial charge in [-0.05, 0) is 25.6 Å². The topological polar surface area (TPSA) is 68.1 Å². The molecule has 112 valence electrons. The maximum Gasteiger partial charge on any atom is 0.281 e. The van der Waals surface area contributed by atoms with Crippen LogP contribution in [0.25, 0.3) is 10.9 Å². The lowest BCUT2D eigenvalue weighted by atomic mass is 9.91. The molecular weight excluding hydrogens is 273 g/mol. The zero-order valence-electron chi connectivity index (χ0n) is 12.3. The summed E-state index contributed by atoms with van der Waals surface area (Å²) in [6, 6.07) is 4.26. The minimum Gasteiger partial charge on any atom is -0.314 e. The van der Waals surface area contributed by atoms with E-state index in [1.165, 1.54) is 6.20 Å². The van der Waals surface area contributed by atoms with Gasteiger partial charge in [-0.2, -0.15) is 0 Å². The van der Waals surface area contributed by atoms with Crippen molar-refractivity contribution in [2.45, 2.75) is 32.7 Å². The molecular formula is C15H18FN3O2. The van der Waals surface area contributed by atoms with E-state index in [9.17, 15) is 14.5 Å². The number of hydrogen-bond acceptors (Lipinski definition) is 4. The summed E-state index contributed by atoms with van der Waals surface area (Å²) in [5.41, 5.74) is 0.536. The van der Waals surface area contributed by atoms with Crippen LogP contribution >= 0.6 is 0 Å². The highest BCUT2D eigenvalue weighted by atomic mass is 19.1. The first kappa shape index (κ1) is 15.3. The number of pyridine rings is 1. The maximum atomic E-state index is 14.4. The molecule has 0 bridgehead atoms. The van der Waals surface area contributed by atoms with Crippen LogP contribution in [0.4, 0.5) is 10.1 Å². The molecule has 0 aliphatic rings. The predicted molar refractivity (Wildman–Crippen MR) is 79.9 cm³/mol. The van der Waals surface area contributed by atoms with E-state index in [-0.39, 0.29) is 17.6 Å². The van der Waals surface area contributed by atoms with Crippen molar-refractivity contribution in [2.75, 3.05) is 6.54 Å². The Bertz CT molecular complexity index is 675. The average Bonchev–Trinajstić information content (AvgIpc) is 2.45. The first-order chi connectivity index (χ1) is 9.97. The molecule has 5 nitrogen and oxygen atoms in total. The van der Waals surface area contributed by atoms with E-state index in [0.29, 0.717) is 16.5 Å². The molecule has 2 atom stereocenters. The predicted octanol–water partition coefficient (Wildman–Crippen LogP) is 3.38. The van der Waals surface area contributed by atoms with E-state index in [0.717, 1.165) is 12.6 Å². The van der Waals surface area contributed by atoms with Crippen molar-refractivity contribution in [2.24, 2.45) is 0 Å². The third-order valence-electron chi connectivity index (χ3n) is 3.79. The quantitative estimate of drug-likeness (QED) is 0.677. The van der Waals surface area contributed by atoms with Gasteiger partial charge in [-0.1, -0.05) is 13.8 Å². The molecule has 2 rings (SSSR count). The van der Waals surface area contributed by atoms with Crippen molar-refractivity contribution in [3.8, 4) is 0 Å². The molecule has 0 radical (unpaired) electrons. The van der Waals surface area contributed by atoms with Gasteiger partial charge in [0.1, 0.15) is 5.82 Å². The molecule has 1 aromatic heterocycles.